The minimum Gasteiger partial charge on any atom is -0.478 e. The van der Waals surface area contributed by atoms with Crippen LogP contribution in [0.2, 0.25) is 0 Å². The molecule has 0 fully saturated rings. The average Bonchev–Trinajstić information content (AvgIpc) is 2.40. The lowest BCUT2D eigenvalue weighted by atomic mass is 10.2. The maximum atomic E-state index is 13.5. The molecule has 0 spiro atoms. The first kappa shape index (κ1) is 16.4. The summed E-state index contributed by atoms with van der Waals surface area (Å²) in [6.07, 6.45) is 0.0796. The zero-order valence-corrected chi connectivity index (χ0v) is 11.4. The van der Waals surface area contributed by atoms with Gasteiger partial charge in [0.05, 0.1) is 23.7 Å². The Labute approximate surface area is 119 Å². The van der Waals surface area contributed by atoms with E-state index in [-0.39, 0.29) is 6.42 Å². The summed E-state index contributed by atoms with van der Waals surface area (Å²) < 4.78 is 26.8. The minimum atomic E-state index is -1.57. The number of benzene rings is 1. The van der Waals surface area contributed by atoms with Crippen LogP contribution in [0.15, 0.2) is 12.1 Å². The first-order valence-corrected chi connectivity index (χ1v) is 5.91. The molecule has 112 valence electrons. The second-order valence-corrected chi connectivity index (χ2v) is 4.37. The third-order valence-corrected chi connectivity index (χ3v) is 2.90. The smallest absolute Gasteiger partial charge is 0.338 e. The number of carbonyl (C=O) groups excluding carboxylic acids is 1. The summed E-state index contributed by atoms with van der Waals surface area (Å²) in [5, 5.41) is 19.5. The summed E-state index contributed by atoms with van der Waals surface area (Å²) in [6.45, 7) is 1.62. The highest BCUT2D eigenvalue weighted by Gasteiger charge is 2.20. The van der Waals surface area contributed by atoms with Gasteiger partial charge in [0.1, 0.15) is 11.6 Å². The molecule has 0 bridgehead atoms. The summed E-state index contributed by atoms with van der Waals surface area (Å²) in [7, 11) is 1.40. The Hall–Kier alpha value is -2.69. The van der Waals surface area contributed by atoms with Crippen LogP contribution in [0.3, 0.4) is 0 Å². The van der Waals surface area contributed by atoms with Crippen molar-refractivity contribution in [3.8, 4) is 6.07 Å². The van der Waals surface area contributed by atoms with Crippen LogP contribution >= 0.6 is 0 Å². The largest absolute Gasteiger partial charge is 0.478 e. The number of carbonyl (C=O) groups is 2. The molecule has 0 aromatic heterocycles. The highest BCUT2D eigenvalue weighted by molar-refractivity contribution is 5.93. The lowest BCUT2D eigenvalue weighted by Gasteiger charge is -2.23. The van der Waals surface area contributed by atoms with Gasteiger partial charge >= 0.3 is 12.0 Å². The fourth-order valence-corrected chi connectivity index (χ4v) is 1.48. The van der Waals surface area contributed by atoms with Gasteiger partial charge in [0, 0.05) is 19.2 Å². The Morgan fingerprint density at radius 3 is 2.57 bits per heavy atom. The van der Waals surface area contributed by atoms with Gasteiger partial charge < -0.3 is 15.3 Å². The first-order chi connectivity index (χ1) is 9.77. The molecule has 1 aromatic carbocycles. The van der Waals surface area contributed by atoms with E-state index in [0.717, 1.165) is 4.90 Å². The number of rotatable bonds is 4. The standard InChI is InChI=1S/C13H13F2N3O3/c1-7(3-4-16)18(2)13(21)17-11-5-8(12(19)20)9(14)6-10(11)15/h5-7H,3H2,1-2H3,(H,17,21)(H,19,20). The molecule has 8 heteroatoms. The number of halogens is 2. The van der Waals surface area contributed by atoms with Gasteiger partial charge in [-0.3, -0.25) is 0 Å². The van der Waals surface area contributed by atoms with Crippen LogP contribution in [0.5, 0.6) is 0 Å². The normalized spacial score (nSPS) is 11.4. The van der Waals surface area contributed by atoms with E-state index in [0.29, 0.717) is 12.1 Å². The van der Waals surface area contributed by atoms with Crippen LogP contribution in [0.25, 0.3) is 0 Å². The van der Waals surface area contributed by atoms with Gasteiger partial charge in [0.2, 0.25) is 0 Å². The molecule has 1 unspecified atom stereocenters. The predicted molar refractivity (Wildman–Crippen MR) is 69.8 cm³/mol. The number of carboxylic acids is 1. The van der Waals surface area contributed by atoms with Gasteiger partial charge in [-0.1, -0.05) is 0 Å². The Kier molecular flexibility index (Phi) is 5.18. The Morgan fingerprint density at radius 2 is 2.05 bits per heavy atom. The fraction of sp³-hybridized carbons (Fsp3) is 0.308. The van der Waals surface area contributed by atoms with Crippen molar-refractivity contribution in [3.63, 3.8) is 0 Å². The van der Waals surface area contributed by atoms with Gasteiger partial charge in [-0.25, -0.2) is 18.4 Å². The van der Waals surface area contributed by atoms with Crippen molar-refractivity contribution in [3.05, 3.63) is 29.3 Å². The van der Waals surface area contributed by atoms with Crippen molar-refractivity contribution in [2.45, 2.75) is 19.4 Å². The van der Waals surface area contributed by atoms with E-state index >= 15 is 0 Å². The van der Waals surface area contributed by atoms with E-state index in [1.807, 2.05) is 6.07 Å². The van der Waals surface area contributed by atoms with Gasteiger partial charge in [-0.2, -0.15) is 5.26 Å². The van der Waals surface area contributed by atoms with Crippen LogP contribution in [0.1, 0.15) is 23.7 Å². The number of nitriles is 1. The van der Waals surface area contributed by atoms with Gasteiger partial charge in [-0.05, 0) is 13.0 Å². The number of hydrogen-bond acceptors (Lipinski definition) is 3. The summed E-state index contributed by atoms with van der Waals surface area (Å²) in [6, 6.07) is 1.82. The molecule has 1 atom stereocenters. The van der Waals surface area contributed by atoms with Crippen LogP contribution < -0.4 is 5.32 Å². The summed E-state index contributed by atoms with van der Waals surface area (Å²) in [4.78, 5) is 23.8. The maximum absolute atomic E-state index is 13.5. The SMILES string of the molecule is CC(CC#N)N(C)C(=O)Nc1cc(C(=O)O)c(F)cc1F. The number of anilines is 1. The number of nitrogens with zero attached hydrogens (tertiary/aromatic N) is 2. The summed E-state index contributed by atoms with van der Waals surface area (Å²) in [5.41, 5.74) is -1.20. The second kappa shape index (κ2) is 6.65. The molecule has 1 aromatic rings. The lowest BCUT2D eigenvalue weighted by molar-refractivity contribution is 0.0691. The van der Waals surface area contributed by atoms with Crippen molar-refractivity contribution in [2.75, 3.05) is 12.4 Å². The predicted octanol–water partition coefficient (Wildman–Crippen LogP) is 2.43. The van der Waals surface area contributed by atoms with Gasteiger partial charge in [0.25, 0.3) is 0 Å². The molecule has 2 amide bonds. The molecule has 6 nitrogen and oxygen atoms in total. The number of carboxylic acid groups (broad SMARTS) is 1. The topological polar surface area (TPSA) is 93.4 Å². The molecule has 0 aliphatic rings. The molecule has 1 rings (SSSR count). The van der Waals surface area contributed by atoms with E-state index in [1.54, 1.807) is 6.92 Å². The van der Waals surface area contributed by atoms with Crippen molar-refractivity contribution >= 4 is 17.7 Å². The molecule has 0 aliphatic carbocycles. The van der Waals surface area contributed by atoms with E-state index in [9.17, 15) is 18.4 Å². The van der Waals surface area contributed by atoms with Crippen molar-refractivity contribution in [1.29, 1.82) is 5.26 Å². The highest BCUT2D eigenvalue weighted by Crippen LogP contribution is 2.20. The van der Waals surface area contributed by atoms with Crippen molar-refractivity contribution in [1.82, 2.24) is 4.90 Å². The van der Waals surface area contributed by atoms with E-state index < -0.39 is 40.9 Å². The third-order valence-electron chi connectivity index (χ3n) is 2.90. The third kappa shape index (κ3) is 3.89. The monoisotopic (exact) mass is 297 g/mol. The van der Waals surface area contributed by atoms with Gasteiger partial charge in [0.15, 0.2) is 0 Å². The quantitative estimate of drug-likeness (QED) is 0.892. The van der Waals surface area contributed by atoms with Crippen LogP contribution in [-0.2, 0) is 0 Å². The number of hydrogen-bond donors (Lipinski definition) is 2. The summed E-state index contributed by atoms with van der Waals surface area (Å²) >= 11 is 0. The average molecular weight is 297 g/mol. The van der Waals surface area contributed by atoms with E-state index in [4.69, 9.17) is 10.4 Å². The van der Waals surface area contributed by atoms with Crippen LogP contribution in [0.4, 0.5) is 19.3 Å². The van der Waals surface area contributed by atoms with Crippen LogP contribution in [0, 0.1) is 23.0 Å². The molecule has 21 heavy (non-hydrogen) atoms. The minimum absolute atomic E-state index is 0.0796. The number of urea groups is 1. The zero-order chi connectivity index (χ0) is 16.2. The summed E-state index contributed by atoms with van der Waals surface area (Å²) in [5.74, 6) is -3.90. The number of aromatic carboxylic acids is 1. The molecule has 0 saturated heterocycles. The molecule has 0 heterocycles. The van der Waals surface area contributed by atoms with Crippen molar-refractivity contribution < 1.29 is 23.5 Å². The number of nitrogens with one attached hydrogen (secondary N) is 1. The molecule has 0 saturated carbocycles. The lowest BCUT2D eigenvalue weighted by Crippen LogP contribution is -2.38. The molecular weight excluding hydrogens is 284 g/mol. The molecule has 2 N–H and O–H groups in total. The number of amides is 2. The molecule has 0 radical (unpaired) electrons. The molecule has 0 aliphatic heterocycles. The fourth-order valence-electron chi connectivity index (χ4n) is 1.48. The Bertz CT molecular complexity index is 613. The first-order valence-electron chi connectivity index (χ1n) is 5.91. The van der Waals surface area contributed by atoms with E-state index in [2.05, 4.69) is 5.32 Å². The zero-order valence-electron chi connectivity index (χ0n) is 11.4. The van der Waals surface area contributed by atoms with E-state index in [1.165, 1.54) is 7.05 Å². The van der Waals surface area contributed by atoms with Gasteiger partial charge in [-0.15, -0.1) is 0 Å². The molecular formula is C13H13F2N3O3. The maximum Gasteiger partial charge on any atom is 0.338 e. The Balaban J connectivity index is 2.98. The van der Waals surface area contributed by atoms with Crippen molar-refractivity contribution in [2.24, 2.45) is 0 Å². The van der Waals surface area contributed by atoms with Crippen LogP contribution in [-0.4, -0.2) is 35.1 Å². The second-order valence-electron chi connectivity index (χ2n) is 4.37. The Morgan fingerprint density at radius 1 is 1.43 bits per heavy atom. The highest BCUT2D eigenvalue weighted by atomic mass is 19.1.